The van der Waals surface area contributed by atoms with Crippen molar-refractivity contribution in [1.29, 1.82) is 0 Å². The van der Waals surface area contributed by atoms with Crippen molar-refractivity contribution < 1.29 is 10.2 Å². The van der Waals surface area contributed by atoms with Crippen molar-refractivity contribution in [2.45, 2.75) is 213 Å². The molecule has 0 aromatic heterocycles. The first-order valence-electron chi connectivity index (χ1n) is 20.0. The Kier molecular flexibility index (Phi) is 18.0. The Balaban J connectivity index is 2.87. The van der Waals surface area contributed by atoms with Crippen LogP contribution in [0.2, 0.25) is 0 Å². The van der Waals surface area contributed by atoms with Crippen LogP contribution in [0.15, 0.2) is 30.3 Å². The van der Waals surface area contributed by atoms with Crippen LogP contribution >= 0.6 is 0 Å². The van der Waals surface area contributed by atoms with E-state index in [2.05, 4.69) is 80.5 Å². The average molecular weight is 649 g/mol. The van der Waals surface area contributed by atoms with Gasteiger partial charge in [-0.15, -0.1) is 0 Å². The first-order valence-corrected chi connectivity index (χ1v) is 20.0. The molecule has 2 aromatic carbocycles. The molecule has 268 valence electrons. The van der Waals surface area contributed by atoms with Crippen LogP contribution in [0, 0.1) is 0 Å². The number of rotatable bonds is 23. The lowest BCUT2D eigenvalue weighted by Crippen LogP contribution is -2.32. The summed E-state index contributed by atoms with van der Waals surface area (Å²) in [5, 5.41) is 23.9. The highest BCUT2D eigenvalue weighted by Crippen LogP contribution is 2.52. The van der Waals surface area contributed by atoms with Crippen molar-refractivity contribution in [3.63, 3.8) is 0 Å². The van der Waals surface area contributed by atoms with E-state index in [-0.39, 0.29) is 16.2 Å². The molecule has 2 nitrogen and oxygen atoms in total. The zero-order chi connectivity index (χ0) is 34.9. The average Bonchev–Trinajstić information content (AvgIpc) is 3.00. The second kappa shape index (κ2) is 20.5. The number of phenolic OH excluding ortho intramolecular Hbond substituents is 2. The second-order valence-corrected chi connectivity index (χ2v) is 16.8. The van der Waals surface area contributed by atoms with E-state index in [4.69, 9.17) is 0 Å². The SMILES string of the molecule is CCCCCCCCc1c(C(CCCCCCCC)(CCCCCCCC)c2ccccc2O)cc(C(C)(C)C)c(O)c1C(C)(C)C. The van der Waals surface area contributed by atoms with Crippen LogP contribution in [0.1, 0.15) is 219 Å². The lowest BCUT2D eigenvalue weighted by Gasteiger charge is -2.41. The highest BCUT2D eigenvalue weighted by molar-refractivity contribution is 5.60. The summed E-state index contributed by atoms with van der Waals surface area (Å²) in [6.45, 7) is 20.5. The van der Waals surface area contributed by atoms with Gasteiger partial charge in [0.2, 0.25) is 0 Å². The molecule has 0 bridgehead atoms. The molecular weight excluding hydrogens is 572 g/mol. The van der Waals surface area contributed by atoms with E-state index in [0.717, 1.165) is 55.2 Å². The Morgan fingerprint density at radius 1 is 0.489 bits per heavy atom. The van der Waals surface area contributed by atoms with Gasteiger partial charge in [-0.3, -0.25) is 0 Å². The Morgan fingerprint density at radius 3 is 1.38 bits per heavy atom. The molecule has 0 atom stereocenters. The van der Waals surface area contributed by atoms with Crippen LogP contribution in [-0.4, -0.2) is 10.2 Å². The van der Waals surface area contributed by atoms with E-state index >= 15 is 0 Å². The number of unbranched alkanes of at least 4 members (excludes halogenated alkanes) is 15. The maximum atomic E-state index is 12.2. The van der Waals surface area contributed by atoms with E-state index < -0.39 is 0 Å². The quantitative estimate of drug-likeness (QED) is 0.118. The van der Waals surface area contributed by atoms with Gasteiger partial charge in [0.1, 0.15) is 11.5 Å². The normalized spacial score (nSPS) is 12.6. The maximum Gasteiger partial charge on any atom is 0.123 e. The number of benzene rings is 2. The topological polar surface area (TPSA) is 40.5 Å². The predicted octanol–water partition coefficient (Wildman–Crippen LogP) is 14.4. The Morgan fingerprint density at radius 2 is 0.936 bits per heavy atom. The number of phenols is 2. The summed E-state index contributed by atoms with van der Waals surface area (Å²) in [5.41, 5.74) is 5.32. The smallest absolute Gasteiger partial charge is 0.123 e. The molecule has 0 amide bonds. The molecule has 2 N–H and O–H groups in total. The summed E-state index contributed by atoms with van der Waals surface area (Å²) in [7, 11) is 0. The summed E-state index contributed by atoms with van der Waals surface area (Å²) < 4.78 is 0. The molecule has 2 heteroatoms. The number of aromatic hydroxyl groups is 2. The fraction of sp³-hybridized carbons (Fsp3) is 0.733. The summed E-state index contributed by atoms with van der Waals surface area (Å²) in [6, 6.07) is 10.7. The van der Waals surface area contributed by atoms with Crippen LogP contribution in [0.3, 0.4) is 0 Å². The minimum Gasteiger partial charge on any atom is -0.508 e. The largest absolute Gasteiger partial charge is 0.508 e. The molecule has 2 aromatic rings. The molecule has 0 aliphatic carbocycles. The van der Waals surface area contributed by atoms with Gasteiger partial charge in [-0.25, -0.2) is 0 Å². The summed E-state index contributed by atoms with van der Waals surface area (Å²) in [4.78, 5) is 0. The Labute approximate surface area is 292 Å². The molecule has 0 spiro atoms. The van der Waals surface area contributed by atoms with Crippen LogP contribution in [0.4, 0.5) is 0 Å². The van der Waals surface area contributed by atoms with Crippen LogP contribution in [-0.2, 0) is 22.7 Å². The lowest BCUT2D eigenvalue weighted by molar-refractivity contribution is 0.362. The van der Waals surface area contributed by atoms with E-state index in [1.807, 2.05) is 12.1 Å². The molecule has 0 saturated carbocycles. The van der Waals surface area contributed by atoms with Crippen molar-refractivity contribution in [2.75, 3.05) is 0 Å². The van der Waals surface area contributed by atoms with Gasteiger partial charge in [0.15, 0.2) is 0 Å². The molecule has 0 aliphatic rings. The summed E-state index contributed by atoms with van der Waals surface area (Å²) in [6.07, 6.45) is 25.7. The molecule has 0 fully saturated rings. The number of para-hydroxylation sites is 1. The molecule has 47 heavy (non-hydrogen) atoms. The highest BCUT2D eigenvalue weighted by atomic mass is 16.3. The molecule has 0 aliphatic heterocycles. The first-order chi connectivity index (χ1) is 22.3. The standard InChI is InChI=1S/C45H76O2/c1-10-13-16-19-22-25-30-36-38(35-39(43(4,5)6)42(47)41(36)44(7,8)9)45(33-28-23-20-17-14-11-2,34-29-24-21-18-15-12-3)37-31-26-27-32-40(37)46/h26-27,31-32,35,46-47H,10-25,28-30,33-34H2,1-9H3. The van der Waals surface area contributed by atoms with Gasteiger partial charge in [-0.2, -0.15) is 0 Å². The van der Waals surface area contributed by atoms with Crippen molar-refractivity contribution >= 4 is 0 Å². The molecule has 2 rings (SSSR count). The van der Waals surface area contributed by atoms with Gasteiger partial charge >= 0.3 is 0 Å². The maximum absolute atomic E-state index is 12.2. The minimum atomic E-state index is -0.300. The molecule has 0 unspecified atom stereocenters. The monoisotopic (exact) mass is 649 g/mol. The predicted molar refractivity (Wildman–Crippen MR) is 207 cm³/mol. The van der Waals surface area contributed by atoms with Crippen molar-refractivity contribution in [3.8, 4) is 11.5 Å². The first kappa shape index (κ1) is 41.2. The third-order valence-corrected chi connectivity index (χ3v) is 10.6. The third kappa shape index (κ3) is 12.5. The van der Waals surface area contributed by atoms with E-state index in [9.17, 15) is 10.2 Å². The van der Waals surface area contributed by atoms with E-state index in [1.165, 1.54) is 107 Å². The fourth-order valence-corrected chi connectivity index (χ4v) is 7.96. The van der Waals surface area contributed by atoms with Gasteiger partial charge in [0.05, 0.1) is 0 Å². The zero-order valence-corrected chi connectivity index (χ0v) is 32.6. The minimum absolute atomic E-state index is 0.206. The van der Waals surface area contributed by atoms with Crippen molar-refractivity contribution in [3.05, 3.63) is 58.1 Å². The number of hydrogen-bond donors (Lipinski definition) is 2. The zero-order valence-electron chi connectivity index (χ0n) is 32.6. The van der Waals surface area contributed by atoms with Crippen LogP contribution in [0.25, 0.3) is 0 Å². The second-order valence-electron chi connectivity index (χ2n) is 16.8. The summed E-state index contributed by atoms with van der Waals surface area (Å²) >= 11 is 0. The van der Waals surface area contributed by atoms with Crippen molar-refractivity contribution in [1.82, 2.24) is 0 Å². The van der Waals surface area contributed by atoms with Crippen LogP contribution in [0.5, 0.6) is 11.5 Å². The molecule has 0 radical (unpaired) electrons. The van der Waals surface area contributed by atoms with Gasteiger partial charge in [0, 0.05) is 16.5 Å². The highest BCUT2D eigenvalue weighted by Gasteiger charge is 2.41. The van der Waals surface area contributed by atoms with Gasteiger partial charge in [-0.05, 0) is 59.3 Å². The molecule has 0 heterocycles. The van der Waals surface area contributed by atoms with E-state index in [0.29, 0.717) is 11.5 Å². The van der Waals surface area contributed by atoms with E-state index in [1.54, 1.807) is 0 Å². The van der Waals surface area contributed by atoms with Crippen molar-refractivity contribution in [2.24, 2.45) is 0 Å². The Hall–Kier alpha value is -1.96. The molecular formula is C45H76O2. The summed E-state index contributed by atoms with van der Waals surface area (Å²) in [5.74, 6) is 0.928. The Bertz CT molecular complexity index is 1130. The third-order valence-electron chi connectivity index (χ3n) is 10.6. The fourth-order valence-electron chi connectivity index (χ4n) is 7.96. The van der Waals surface area contributed by atoms with Gasteiger partial charge in [0.25, 0.3) is 0 Å². The van der Waals surface area contributed by atoms with Crippen LogP contribution < -0.4 is 0 Å². The van der Waals surface area contributed by atoms with Gasteiger partial charge in [-0.1, -0.05) is 196 Å². The number of hydrogen-bond acceptors (Lipinski definition) is 2. The molecule has 0 saturated heterocycles. The lowest BCUT2D eigenvalue weighted by atomic mass is 9.62. The van der Waals surface area contributed by atoms with Gasteiger partial charge < -0.3 is 10.2 Å².